The molecule has 7 heteroatoms. The van der Waals surface area contributed by atoms with Gasteiger partial charge in [-0.3, -0.25) is 4.90 Å². The summed E-state index contributed by atoms with van der Waals surface area (Å²) in [5, 5.41) is 23.2. The minimum Gasteiger partial charge on any atom is -0.394 e. The number of aliphatic hydroxyl groups is 2. The Labute approximate surface area is 151 Å². The first-order valence-electron chi connectivity index (χ1n) is 8.63. The monoisotopic (exact) mass is 358 g/mol. The first kappa shape index (κ1) is 16.8. The number of nitrogens with zero attached hydrogens (tertiary/aromatic N) is 3. The van der Waals surface area contributed by atoms with Crippen molar-refractivity contribution in [2.75, 3.05) is 25.0 Å². The Morgan fingerprint density at radius 3 is 2.84 bits per heavy atom. The zero-order chi connectivity index (χ0) is 17.2. The quantitative estimate of drug-likeness (QED) is 0.660. The molecule has 132 valence electrons. The molecule has 0 spiro atoms. The van der Waals surface area contributed by atoms with Crippen molar-refractivity contribution in [3.63, 3.8) is 0 Å². The highest BCUT2D eigenvalue weighted by Crippen LogP contribution is 2.42. The fourth-order valence-electron chi connectivity index (χ4n) is 3.48. The van der Waals surface area contributed by atoms with Crippen LogP contribution in [0.5, 0.6) is 0 Å². The molecule has 1 atom stereocenters. The summed E-state index contributed by atoms with van der Waals surface area (Å²) in [6, 6.07) is 6.50. The molecule has 1 unspecified atom stereocenters. The molecule has 0 bridgehead atoms. The Morgan fingerprint density at radius 2 is 2.04 bits per heavy atom. The van der Waals surface area contributed by atoms with Crippen LogP contribution >= 0.6 is 11.8 Å². The van der Waals surface area contributed by atoms with Crippen molar-refractivity contribution in [3.8, 4) is 0 Å². The van der Waals surface area contributed by atoms with E-state index in [2.05, 4.69) is 38.4 Å². The zero-order valence-corrected chi connectivity index (χ0v) is 14.7. The maximum Gasteiger partial charge on any atom is 0.163 e. The van der Waals surface area contributed by atoms with Gasteiger partial charge in [0, 0.05) is 23.8 Å². The number of hydrogen-bond donors (Lipinski definition) is 3. The summed E-state index contributed by atoms with van der Waals surface area (Å²) >= 11 is 1.64. The van der Waals surface area contributed by atoms with Crippen LogP contribution in [0.4, 0.5) is 11.5 Å². The molecule has 3 heterocycles. The average Bonchev–Trinajstić information content (AvgIpc) is 2.66. The van der Waals surface area contributed by atoms with Gasteiger partial charge in [0.05, 0.1) is 18.4 Å². The van der Waals surface area contributed by atoms with Crippen LogP contribution in [0.1, 0.15) is 18.4 Å². The third kappa shape index (κ3) is 3.64. The largest absolute Gasteiger partial charge is 0.394 e. The van der Waals surface area contributed by atoms with Crippen molar-refractivity contribution in [2.24, 2.45) is 5.92 Å². The van der Waals surface area contributed by atoms with E-state index < -0.39 is 6.10 Å². The molecule has 1 aromatic carbocycles. The molecule has 1 fully saturated rings. The van der Waals surface area contributed by atoms with Gasteiger partial charge in [-0.05, 0) is 49.5 Å². The maximum atomic E-state index is 9.78. The minimum absolute atomic E-state index is 0.136. The lowest BCUT2D eigenvalue weighted by Crippen LogP contribution is -2.38. The lowest BCUT2D eigenvalue weighted by atomic mass is 9.91. The van der Waals surface area contributed by atoms with E-state index in [4.69, 9.17) is 5.11 Å². The summed E-state index contributed by atoms with van der Waals surface area (Å²) < 4.78 is 0. The van der Waals surface area contributed by atoms with Crippen LogP contribution in [-0.2, 0) is 6.54 Å². The van der Waals surface area contributed by atoms with Crippen LogP contribution in [0.15, 0.2) is 40.5 Å². The van der Waals surface area contributed by atoms with Gasteiger partial charge in [-0.1, -0.05) is 17.8 Å². The van der Waals surface area contributed by atoms with Crippen molar-refractivity contribution < 1.29 is 10.2 Å². The number of nitrogens with one attached hydrogen (secondary N) is 1. The van der Waals surface area contributed by atoms with Gasteiger partial charge < -0.3 is 15.5 Å². The highest BCUT2D eigenvalue weighted by Gasteiger charge is 2.25. The molecule has 2 aliphatic heterocycles. The molecule has 0 radical (unpaired) electrons. The molecule has 3 N–H and O–H groups in total. The Balaban J connectivity index is 1.41. The average molecular weight is 358 g/mol. The fraction of sp³-hybridized carbons (Fsp3) is 0.444. The highest BCUT2D eigenvalue weighted by molar-refractivity contribution is 7.99. The third-order valence-electron chi connectivity index (χ3n) is 4.94. The summed E-state index contributed by atoms with van der Waals surface area (Å²) in [4.78, 5) is 12.3. The van der Waals surface area contributed by atoms with Crippen molar-refractivity contribution >= 4 is 23.3 Å². The summed E-state index contributed by atoms with van der Waals surface area (Å²) in [6.07, 6.45) is 4.71. The smallest absolute Gasteiger partial charge is 0.163 e. The van der Waals surface area contributed by atoms with Gasteiger partial charge in [-0.2, -0.15) is 0 Å². The van der Waals surface area contributed by atoms with E-state index in [1.807, 2.05) is 0 Å². The Morgan fingerprint density at radius 1 is 1.24 bits per heavy atom. The lowest BCUT2D eigenvalue weighted by molar-refractivity contribution is 0.0172. The third-order valence-corrected chi connectivity index (χ3v) is 6.01. The fourth-order valence-corrected chi connectivity index (χ4v) is 4.36. The second-order valence-corrected chi connectivity index (χ2v) is 7.66. The number of rotatable bonds is 4. The molecule has 0 amide bonds. The number of benzene rings is 1. The molecular weight excluding hydrogens is 336 g/mol. The van der Waals surface area contributed by atoms with E-state index in [9.17, 15) is 5.11 Å². The Kier molecular flexibility index (Phi) is 4.89. The predicted octanol–water partition coefficient (Wildman–Crippen LogP) is 2.25. The first-order chi connectivity index (χ1) is 12.2. The Bertz CT molecular complexity index is 750. The van der Waals surface area contributed by atoms with E-state index in [1.165, 1.54) is 10.5 Å². The van der Waals surface area contributed by atoms with Crippen molar-refractivity contribution in [2.45, 2.75) is 35.4 Å². The molecule has 1 aromatic heterocycles. The second kappa shape index (κ2) is 7.29. The van der Waals surface area contributed by atoms with E-state index in [0.29, 0.717) is 0 Å². The maximum absolute atomic E-state index is 9.78. The number of aliphatic hydroxyl groups excluding tert-OH is 2. The van der Waals surface area contributed by atoms with Gasteiger partial charge in [-0.15, -0.1) is 0 Å². The topological polar surface area (TPSA) is 81.5 Å². The van der Waals surface area contributed by atoms with Crippen LogP contribution in [-0.4, -0.2) is 50.9 Å². The van der Waals surface area contributed by atoms with Crippen LogP contribution in [0, 0.1) is 5.92 Å². The SMILES string of the molecule is OCC(O)C1CCN(Cc2ccc3c(c2)Nc2nccnc2S3)CC1. The summed E-state index contributed by atoms with van der Waals surface area (Å²) in [7, 11) is 0. The molecule has 2 aliphatic rings. The molecule has 2 aromatic rings. The summed E-state index contributed by atoms with van der Waals surface area (Å²) in [5.41, 5.74) is 2.35. The normalized spacial score (nSPS) is 19.0. The number of aromatic nitrogens is 2. The number of anilines is 2. The van der Waals surface area contributed by atoms with Crippen LogP contribution < -0.4 is 5.32 Å². The highest BCUT2D eigenvalue weighted by atomic mass is 32.2. The van der Waals surface area contributed by atoms with Gasteiger partial charge in [0.1, 0.15) is 5.03 Å². The van der Waals surface area contributed by atoms with Gasteiger partial charge in [0.15, 0.2) is 5.82 Å². The van der Waals surface area contributed by atoms with Crippen molar-refractivity contribution in [3.05, 3.63) is 36.2 Å². The van der Waals surface area contributed by atoms with Gasteiger partial charge in [0.25, 0.3) is 0 Å². The van der Waals surface area contributed by atoms with Gasteiger partial charge in [-0.25, -0.2) is 9.97 Å². The molecule has 4 rings (SSSR count). The number of likely N-dealkylation sites (tertiary alicyclic amines) is 1. The molecule has 25 heavy (non-hydrogen) atoms. The zero-order valence-electron chi connectivity index (χ0n) is 13.9. The van der Waals surface area contributed by atoms with Gasteiger partial charge >= 0.3 is 0 Å². The standard InChI is InChI=1S/C18H22N4O2S/c23-11-15(24)13-3-7-22(8-4-13)10-12-1-2-16-14(9-12)21-17-18(25-16)20-6-5-19-17/h1-2,5-6,9,13,15,23-24H,3-4,7-8,10-11H2,(H,19,21). The van der Waals surface area contributed by atoms with Gasteiger partial charge in [0.2, 0.25) is 0 Å². The number of hydrogen-bond acceptors (Lipinski definition) is 7. The summed E-state index contributed by atoms with van der Waals surface area (Å²) in [5.74, 6) is 1.04. The van der Waals surface area contributed by atoms with Crippen LogP contribution in [0.3, 0.4) is 0 Å². The number of piperidine rings is 1. The summed E-state index contributed by atoms with van der Waals surface area (Å²) in [6.45, 7) is 2.67. The lowest BCUT2D eigenvalue weighted by Gasteiger charge is -2.33. The molecule has 0 saturated carbocycles. The molecule has 1 saturated heterocycles. The minimum atomic E-state index is -0.576. The van der Waals surface area contributed by atoms with Crippen molar-refractivity contribution in [1.82, 2.24) is 14.9 Å². The van der Waals surface area contributed by atoms with E-state index in [-0.39, 0.29) is 12.5 Å². The van der Waals surface area contributed by atoms with E-state index in [0.717, 1.165) is 49.0 Å². The van der Waals surface area contributed by atoms with Crippen molar-refractivity contribution in [1.29, 1.82) is 0 Å². The van der Waals surface area contributed by atoms with Crippen LogP contribution in [0.2, 0.25) is 0 Å². The molecule has 0 aliphatic carbocycles. The van der Waals surface area contributed by atoms with E-state index >= 15 is 0 Å². The first-order valence-corrected chi connectivity index (χ1v) is 9.44. The Hall–Kier alpha value is -1.67. The molecular formula is C18H22N4O2S. The van der Waals surface area contributed by atoms with E-state index in [1.54, 1.807) is 24.2 Å². The predicted molar refractivity (Wildman–Crippen MR) is 97.0 cm³/mol. The molecule has 6 nitrogen and oxygen atoms in total. The number of fused-ring (bicyclic) bond motifs is 2. The van der Waals surface area contributed by atoms with Crippen LogP contribution in [0.25, 0.3) is 0 Å². The second-order valence-electron chi connectivity index (χ2n) is 6.63.